The second-order valence-corrected chi connectivity index (χ2v) is 7.00. The normalized spacial score (nSPS) is 17.6. The van der Waals surface area contributed by atoms with Crippen LogP contribution >= 0.6 is 0 Å². The zero-order chi connectivity index (χ0) is 15.0. The van der Waals surface area contributed by atoms with Crippen molar-refractivity contribution in [3.63, 3.8) is 0 Å². The van der Waals surface area contributed by atoms with Gasteiger partial charge >= 0.3 is 0 Å². The molecule has 0 atom stereocenters. The van der Waals surface area contributed by atoms with Crippen molar-refractivity contribution in [2.45, 2.75) is 44.4 Å². The summed E-state index contributed by atoms with van der Waals surface area (Å²) in [6.45, 7) is 4.17. The fourth-order valence-electron chi connectivity index (χ4n) is 2.55. The fraction of sp³-hybridized carbons (Fsp3) is 0.615. The van der Waals surface area contributed by atoms with Gasteiger partial charge in [0, 0.05) is 12.6 Å². The Kier molecular flexibility index (Phi) is 3.93. The molecule has 2 rings (SSSR count). The summed E-state index contributed by atoms with van der Waals surface area (Å²) in [6, 6.07) is 1.18. The van der Waals surface area contributed by atoms with Crippen molar-refractivity contribution < 1.29 is 17.6 Å². The third-order valence-corrected chi connectivity index (χ3v) is 5.21. The molecule has 0 saturated heterocycles. The first-order valence-electron chi connectivity index (χ1n) is 6.69. The van der Waals surface area contributed by atoms with Gasteiger partial charge in [0.2, 0.25) is 10.0 Å². The van der Waals surface area contributed by atoms with Gasteiger partial charge in [-0.2, -0.15) is 0 Å². The van der Waals surface area contributed by atoms with Crippen LogP contribution in [0.5, 0.6) is 0 Å². The Morgan fingerprint density at radius 2 is 2.15 bits per heavy atom. The minimum absolute atomic E-state index is 0.0166. The van der Waals surface area contributed by atoms with E-state index in [2.05, 4.69) is 12.2 Å². The minimum Gasteiger partial charge on any atom is -0.455 e. The summed E-state index contributed by atoms with van der Waals surface area (Å²) >= 11 is 0. The van der Waals surface area contributed by atoms with E-state index in [4.69, 9.17) is 9.56 Å². The number of hydrogen-bond donors (Lipinski definition) is 2. The summed E-state index contributed by atoms with van der Waals surface area (Å²) in [5.41, 5.74) is 0.195. The molecular weight excluding hydrogens is 280 g/mol. The van der Waals surface area contributed by atoms with E-state index in [1.165, 1.54) is 19.4 Å². The van der Waals surface area contributed by atoms with Crippen molar-refractivity contribution in [3.8, 4) is 0 Å². The highest BCUT2D eigenvalue weighted by atomic mass is 32.2. The van der Waals surface area contributed by atoms with Crippen molar-refractivity contribution in [2.75, 3.05) is 6.54 Å². The molecule has 1 amide bonds. The quantitative estimate of drug-likeness (QED) is 0.861. The number of rotatable bonds is 5. The molecule has 6 nitrogen and oxygen atoms in total. The first-order valence-corrected chi connectivity index (χ1v) is 8.23. The molecular formula is C13H20N2O4S. The number of amides is 1. The van der Waals surface area contributed by atoms with Crippen molar-refractivity contribution in [1.29, 1.82) is 0 Å². The molecule has 0 radical (unpaired) electrons. The van der Waals surface area contributed by atoms with Gasteiger partial charge in [-0.15, -0.1) is 0 Å². The van der Waals surface area contributed by atoms with Gasteiger partial charge in [-0.25, -0.2) is 13.6 Å². The smallest absolute Gasteiger partial charge is 0.287 e. The van der Waals surface area contributed by atoms with Crippen LogP contribution in [0, 0.1) is 12.3 Å². The standard InChI is InChI=1S/C13H20N2O4S/c1-3-13(5-4-6-13)8-15-12(16)10-7-11(9(2)19-10)20(14,17)18/h7H,3-6,8H2,1-2H3,(H,15,16)(H2,14,17,18). The van der Waals surface area contributed by atoms with E-state index >= 15 is 0 Å². The molecule has 1 aliphatic rings. The summed E-state index contributed by atoms with van der Waals surface area (Å²) in [4.78, 5) is 11.9. The molecule has 7 heteroatoms. The number of nitrogens with one attached hydrogen (secondary N) is 1. The number of primary sulfonamides is 1. The lowest BCUT2D eigenvalue weighted by atomic mass is 9.67. The average Bonchev–Trinajstić information content (AvgIpc) is 2.70. The van der Waals surface area contributed by atoms with Gasteiger partial charge < -0.3 is 9.73 Å². The Labute approximate surface area is 118 Å². The molecule has 1 saturated carbocycles. The molecule has 0 unspecified atom stereocenters. The Morgan fingerprint density at radius 1 is 1.50 bits per heavy atom. The highest BCUT2D eigenvalue weighted by molar-refractivity contribution is 7.89. The van der Waals surface area contributed by atoms with Crippen LogP contribution < -0.4 is 10.5 Å². The molecule has 0 spiro atoms. The molecule has 20 heavy (non-hydrogen) atoms. The highest BCUT2D eigenvalue weighted by Gasteiger charge is 2.35. The van der Waals surface area contributed by atoms with Crippen molar-refractivity contribution in [3.05, 3.63) is 17.6 Å². The largest absolute Gasteiger partial charge is 0.455 e. The molecule has 112 valence electrons. The molecule has 0 aromatic carbocycles. The van der Waals surface area contributed by atoms with E-state index < -0.39 is 15.9 Å². The summed E-state index contributed by atoms with van der Waals surface area (Å²) in [5.74, 6) is -0.286. The number of sulfonamides is 1. The Hall–Kier alpha value is -1.34. The van der Waals surface area contributed by atoms with Crippen LogP contribution in [0.25, 0.3) is 0 Å². The minimum atomic E-state index is -3.86. The van der Waals surface area contributed by atoms with Crippen molar-refractivity contribution in [2.24, 2.45) is 10.6 Å². The highest BCUT2D eigenvalue weighted by Crippen LogP contribution is 2.43. The van der Waals surface area contributed by atoms with Crippen molar-refractivity contribution >= 4 is 15.9 Å². The van der Waals surface area contributed by atoms with Crippen LogP contribution in [0.15, 0.2) is 15.4 Å². The van der Waals surface area contributed by atoms with E-state index in [1.807, 2.05) is 0 Å². The maximum Gasteiger partial charge on any atom is 0.287 e. The lowest BCUT2D eigenvalue weighted by molar-refractivity contribution is 0.0824. The molecule has 0 aliphatic heterocycles. The maximum atomic E-state index is 12.0. The lowest BCUT2D eigenvalue weighted by Gasteiger charge is -2.41. The zero-order valence-electron chi connectivity index (χ0n) is 11.7. The summed E-state index contributed by atoms with van der Waals surface area (Å²) in [5, 5.41) is 7.86. The van der Waals surface area contributed by atoms with Crippen LogP contribution in [0.1, 0.15) is 48.9 Å². The molecule has 1 aromatic heterocycles. The molecule has 1 heterocycles. The number of hydrogen-bond acceptors (Lipinski definition) is 4. The number of carbonyl (C=O) groups excluding carboxylic acids is 1. The fourth-order valence-corrected chi connectivity index (χ4v) is 3.26. The predicted molar refractivity (Wildman–Crippen MR) is 73.7 cm³/mol. The number of furan rings is 1. The Bertz CT molecular complexity index is 609. The first kappa shape index (κ1) is 15.1. The summed E-state index contributed by atoms with van der Waals surface area (Å²) < 4.78 is 27.8. The van der Waals surface area contributed by atoms with E-state index in [1.54, 1.807) is 0 Å². The lowest BCUT2D eigenvalue weighted by Crippen LogP contribution is -2.41. The Balaban J connectivity index is 2.07. The molecule has 0 bridgehead atoms. The van der Waals surface area contributed by atoms with E-state index in [-0.39, 0.29) is 21.8 Å². The Morgan fingerprint density at radius 3 is 2.55 bits per heavy atom. The van der Waals surface area contributed by atoms with Gasteiger partial charge in [-0.05, 0) is 31.6 Å². The third-order valence-electron chi connectivity index (χ3n) is 4.19. The van der Waals surface area contributed by atoms with Crippen LogP contribution in [-0.4, -0.2) is 20.9 Å². The number of aryl methyl sites for hydroxylation is 1. The molecule has 1 fully saturated rings. The van der Waals surface area contributed by atoms with Gasteiger partial charge in [-0.1, -0.05) is 13.3 Å². The summed E-state index contributed by atoms with van der Waals surface area (Å²) in [6.07, 6.45) is 4.44. The number of nitrogens with two attached hydrogens (primary N) is 1. The van der Waals surface area contributed by atoms with Gasteiger partial charge in [0.15, 0.2) is 5.76 Å². The maximum absolute atomic E-state index is 12.0. The topological polar surface area (TPSA) is 102 Å². The van der Waals surface area contributed by atoms with Gasteiger partial charge in [0.1, 0.15) is 10.7 Å². The monoisotopic (exact) mass is 300 g/mol. The second kappa shape index (κ2) is 5.21. The van der Waals surface area contributed by atoms with Gasteiger partial charge in [0.25, 0.3) is 5.91 Å². The van der Waals surface area contributed by atoms with Crippen LogP contribution in [-0.2, 0) is 10.0 Å². The zero-order valence-corrected chi connectivity index (χ0v) is 12.5. The van der Waals surface area contributed by atoms with Crippen LogP contribution in [0.2, 0.25) is 0 Å². The average molecular weight is 300 g/mol. The van der Waals surface area contributed by atoms with E-state index in [0.29, 0.717) is 6.54 Å². The van der Waals surface area contributed by atoms with Gasteiger partial charge in [0.05, 0.1) is 0 Å². The number of carbonyl (C=O) groups is 1. The van der Waals surface area contributed by atoms with E-state index in [0.717, 1.165) is 19.3 Å². The predicted octanol–water partition coefficient (Wildman–Crippen LogP) is 1.55. The second-order valence-electron chi connectivity index (χ2n) is 5.47. The van der Waals surface area contributed by atoms with Crippen LogP contribution in [0.3, 0.4) is 0 Å². The molecule has 3 N–H and O–H groups in total. The van der Waals surface area contributed by atoms with Crippen molar-refractivity contribution in [1.82, 2.24) is 5.32 Å². The molecule has 1 aromatic rings. The molecule has 1 aliphatic carbocycles. The first-order chi connectivity index (χ1) is 9.27. The van der Waals surface area contributed by atoms with Crippen LogP contribution in [0.4, 0.5) is 0 Å². The van der Waals surface area contributed by atoms with Gasteiger partial charge in [-0.3, -0.25) is 4.79 Å². The third kappa shape index (κ3) is 2.88. The summed E-state index contributed by atoms with van der Waals surface area (Å²) in [7, 11) is -3.86. The van der Waals surface area contributed by atoms with E-state index in [9.17, 15) is 13.2 Å². The SMILES string of the molecule is CCC1(CNC(=O)c2cc(S(N)(=O)=O)c(C)o2)CCC1.